The van der Waals surface area contributed by atoms with Gasteiger partial charge in [-0.1, -0.05) is 54.6 Å². The van der Waals surface area contributed by atoms with Gasteiger partial charge in [0, 0.05) is 21.7 Å². The molecule has 3 amide bonds. The van der Waals surface area contributed by atoms with E-state index in [4.69, 9.17) is 9.47 Å². The minimum Gasteiger partial charge on any atom is -0.496 e. The van der Waals surface area contributed by atoms with Gasteiger partial charge in [-0.05, 0) is 54.6 Å². The summed E-state index contributed by atoms with van der Waals surface area (Å²) in [6, 6.07) is 29.3. The molecule has 0 radical (unpaired) electrons. The Morgan fingerprint density at radius 2 is 1.51 bits per heavy atom. The third kappa shape index (κ3) is 8.57. The molecule has 9 nitrogen and oxygen atoms in total. The molecule has 218 valence electrons. The maximum atomic E-state index is 13.4. The second-order valence-corrected chi connectivity index (χ2v) is 10.0. The Bertz CT molecular complexity index is 1660. The topological polar surface area (TPSA) is 123 Å². The van der Waals surface area contributed by atoms with E-state index in [1.165, 1.54) is 26.0 Å². The molecule has 4 aromatic rings. The number of hydrogen-bond acceptors (Lipinski definition) is 7. The van der Waals surface area contributed by atoms with Gasteiger partial charge in [-0.15, -0.1) is 11.8 Å². The summed E-state index contributed by atoms with van der Waals surface area (Å²) in [4.78, 5) is 51.7. The highest BCUT2D eigenvalue weighted by atomic mass is 32.2. The molecule has 4 rings (SSSR count). The number of para-hydroxylation sites is 2. The van der Waals surface area contributed by atoms with E-state index < -0.39 is 17.8 Å². The van der Waals surface area contributed by atoms with Gasteiger partial charge in [0.1, 0.15) is 11.4 Å². The van der Waals surface area contributed by atoms with E-state index in [-0.39, 0.29) is 22.9 Å². The van der Waals surface area contributed by atoms with E-state index in [0.29, 0.717) is 28.3 Å². The van der Waals surface area contributed by atoms with Gasteiger partial charge in [0.25, 0.3) is 11.8 Å². The number of ether oxygens (including phenoxy) is 2. The molecular weight excluding hydrogens is 566 g/mol. The zero-order valence-corrected chi connectivity index (χ0v) is 24.3. The summed E-state index contributed by atoms with van der Waals surface area (Å²) in [7, 11) is 2.80. The number of methoxy groups -OCH3 is 2. The fourth-order valence-corrected chi connectivity index (χ4v) is 4.72. The Morgan fingerprint density at radius 1 is 0.791 bits per heavy atom. The molecule has 4 aromatic carbocycles. The number of nitrogens with one attached hydrogen (secondary N) is 3. The molecule has 0 spiro atoms. The SMILES string of the molecule is COC(=O)c1ccccc1NC(=O)CSc1cccc(NC(=O)/C(=C\c2ccccc2OC)NC(=O)c2ccccc2)c1. The van der Waals surface area contributed by atoms with Crippen molar-refractivity contribution in [3.05, 3.63) is 126 Å². The first-order chi connectivity index (χ1) is 20.9. The number of amides is 3. The van der Waals surface area contributed by atoms with Gasteiger partial charge in [-0.2, -0.15) is 0 Å². The first kappa shape index (κ1) is 30.6. The maximum absolute atomic E-state index is 13.4. The van der Waals surface area contributed by atoms with E-state index >= 15 is 0 Å². The van der Waals surface area contributed by atoms with Crippen LogP contribution in [-0.2, 0) is 14.3 Å². The van der Waals surface area contributed by atoms with Crippen LogP contribution in [-0.4, -0.2) is 43.7 Å². The summed E-state index contributed by atoms with van der Waals surface area (Å²) >= 11 is 1.25. The highest BCUT2D eigenvalue weighted by Gasteiger charge is 2.17. The largest absolute Gasteiger partial charge is 0.496 e. The molecule has 0 heterocycles. The van der Waals surface area contributed by atoms with Crippen LogP contribution in [0.2, 0.25) is 0 Å². The average Bonchev–Trinajstić information content (AvgIpc) is 3.04. The van der Waals surface area contributed by atoms with Crippen molar-refractivity contribution in [2.24, 2.45) is 0 Å². The minimum absolute atomic E-state index is 0.0139. The van der Waals surface area contributed by atoms with Crippen molar-refractivity contribution < 1.29 is 28.7 Å². The van der Waals surface area contributed by atoms with Crippen molar-refractivity contribution in [2.45, 2.75) is 4.90 Å². The van der Waals surface area contributed by atoms with E-state index in [0.717, 1.165) is 4.90 Å². The molecule has 0 aliphatic rings. The molecule has 3 N–H and O–H groups in total. The van der Waals surface area contributed by atoms with Crippen LogP contribution >= 0.6 is 11.8 Å². The molecule has 0 fully saturated rings. The van der Waals surface area contributed by atoms with Crippen LogP contribution in [0.3, 0.4) is 0 Å². The Morgan fingerprint density at radius 3 is 2.28 bits per heavy atom. The summed E-state index contributed by atoms with van der Waals surface area (Å²) in [5, 5.41) is 8.27. The van der Waals surface area contributed by atoms with Crippen molar-refractivity contribution in [3.8, 4) is 5.75 Å². The molecule has 0 saturated heterocycles. The van der Waals surface area contributed by atoms with Crippen molar-refractivity contribution in [2.75, 3.05) is 30.6 Å². The van der Waals surface area contributed by atoms with Gasteiger partial charge < -0.3 is 25.4 Å². The summed E-state index contributed by atoms with van der Waals surface area (Å²) < 4.78 is 10.2. The number of carbonyl (C=O) groups is 4. The van der Waals surface area contributed by atoms with Gasteiger partial charge in [-0.3, -0.25) is 14.4 Å². The number of benzene rings is 4. The number of rotatable bonds is 11. The fourth-order valence-electron chi connectivity index (χ4n) is 3.96. The van der Waals surface area contributed by atoms with Gasteiger partial charge in [0.15, 0.2) is 0 Å². The van der Waals surface area contributed by atoms with Crippen molar-refractivity contribution in [1.29, 1.82) is 0 Å². The van der Waals surface area contributed by atoms with Crippen molar-refractivity contribution >= 4 is 52.9 Å². The zero-order chi connectivity index (χ0) is 30.6. The van der Waals surface area contributed by atoms with Gasteiger partial charge >= 0.3 is 5.97 Å². The van der Waals surface area contributed by atoms with E-state index in [1.54, 1.807) is 109 Å². The molecule has 0 saturated carbocycles. The monoisotopic (exact) mass is 595 g/mol. The Balaban J connectivity index is 1.47. The van der Waals surface area contributed by atoms with Crippen LogP contribution in [0.15, 0.2) is 114 Å². The van der Waals surface area contributed by atoms with E-state index in [9.17, 15) is 19.2 Å². The van der Waals surface area contributed by atoms with Crippen LogP contribution in [0, 0.1) is 0 Å². The molecule has 0 aliphatic heterocycles. The molecular formula is C33H29N3O6S. The molecule has 10 heteroatoms. The average molecular weight is 596 g/mol. The molecule has 0 atom stereocenters. The lowest BCUT2D eigenvalue weighted by atomic mass is 10.1. The fraction of sp³-hybridized carbons (Fsp3) is 0.0909. The molecule has 0 aromatic heterocycles. The molecule has 43 heavy (non-hydrogen) atoms. The van der Waals surface area contributed by atoms with E-state index in [1.807, 2.05) is 0 Å². The Hall–Kier alpha value is -5.35. The predicted molar refractivity (Wildman–Crippen MR) is 167 cm³/mol. The van der Waals surface area contributed by atoms with Gasteiger partial charge in [0.2, 0.25) is 5.91 Å². The van der Waals surface area contributed by atoms with Crippen molar-refractivity contribution in [1.82, 2.24) is 5.32 Å². The molecule has 0 unspecified atom stereocenters. The van der Waals surface area contributed by atoms with Crippen molar-refractivity contribution in [3.63, 3.8) is 0 Å². The van der Waals surface area contributed by atoms with Crippen LogP contribution in [0.1, 0.15) is 26.3 Å². The summed E-state index contributed by atoms with van der Waals surface area (Å²) in [6.45, 7) is 0. The lowest BCUT2D eigenvalue weighted by molar-refractivity contribution is -0.114. The zero-order valence-electron chi connectivity index (χ0n) is 23.5. The summed E-state index contributed by atoms with van der Waals surface area (Å²) in [5.74, 6) is -1.27. The lowest BCUT2D eigenvalue weighted by Gasteiger charge is -2.13. The highest BCUT2D eigenvalue weighted by molar-refractivity contribution is 8.00. The number of hydrogen-bond donors (Lipinski definition) is 3. The van der Waals surface area contributed by atoms with Gasteiger partial charge in [0.05, 0.1) is 31.2 Å². The van der Waals surface area contributed by atoms with Crippen LogP contribution in [0.25, 0.3) is 6.08 Å². The predicted octanol–water partition coefficient (Wildman–Crippen LogP) is 5.62. The number of esters is 1. The lowest BCUT2D eigenvalue weighted by Crippen LogP contribution is -2.30. The number of anilines is 2. The maximum Gasteiger partial charge on any atom is 0.339 e. The Labute approximate surface area is 253 Å². The smallest absolute Gasteiger partial charge is 0.339 e. The van der Waals surface area contributed by atoms with Crippen LogP contribution in [0.4, 0.5) is 11.4 Å². The second kappa shape index (κ2) is 15.0. The minimum atomic E-state index is -0.550. The van der Waals surface area contributed by atoms with Crippen LogP contribution in [0.5, 0.6) is 5.75 Å². The quantitative estimate of drug-likeness (QED) is 0.117. The normalized spacial score (nSPS) is 10.8. The first-order valence-corrected chi connectivity index (χ1v) is 14.1. The Kier molecular flexibility index (Phi) is 10.7. The van der Waals surface area contributed by atoms with Gasteiger partial charge in [-0.25, -0.2) is 4.79 Å². The van der Waals surface area contributed by atoms with Crippen LogP contribution < -0.4 is 20.7 Å². The first-order valence-electron chi connectivity index (χ1n) is 13.1. The second-order valence-electron chi connectivity index (χ2n) is 8.98. The number of carbonyl (C=O) groups excluding carboxylic acids is 4. The molecule has 0 aliphatic carbocycles. The highest BCUT2D eigenvalue weighted by Crippen LogP contribution is 2.24. The molecule has 0 bridgehead atoms. The third-order valence-corrected chi connectivity index (χ3v) is 7.03. The third-order valence-electron chi connectivity index (χ3n) is 6.04. The van der Waals surface area contributed by atoms with E-state index in [2.05, 4.69) is 16.0 Å². The summed E-state index contributed by atoms with van der Waals surface area (Å²) in [6.07, 6.45) is 1.55. The standard InChI is InChI=1S/C33H29N3O6S/c1-41-29-18-9-6-13-23(29)19-28(36-31(38)22-11-4-3-5-12-22)32(39)34-24-14-10-15-25(20-24)43-21-30(37)35-27-17-8-7-16-26(27)33(40)42-2/h3-20H,21H2,1-2H3,(H,34,39)(H,35,37)(H,36,38)/b28-19+. The number of thioether (sulfide) groups is 1. The summed E-state index contributed by atoms with van der Waals surface area (Å²) in [5.41, 5.74) is 2.09.